The van der Waals surface area contributed by atoms with E-state index < -0.39 is 17.6 Å². The van der Waals surface area contributed by atoms with Gasteiger partial charge in [-0.3, -0.25) is 9.59 Å². The number of nitrogens with one attached hydrogen (secondary N) is 2. The molecule has 0 unspecified atom stereocenters. The van der Waals surface area contributed by atoms with Crippen LogP contribution in [-0.4, -0.2) is 74.4 Å². The van der Waals surface area contributed by atoms with Crippen LogP contribution in [0, 0.1) is 6.92 Å². The van der Waals surface area contributed by atoms with E-state index in [-0.39, 0.29) is 23.3 Å². The lowest BCUT2D eigenvalue weighted by Crippen LogP contribution is -2.43. The van der Waals surface area contributed by atoms with Gasteiger partial charge in [-0.2, -0.15) is 13.2 Å². The van der Waals surface area contributed by atoms with Gasteiger partial charge in [0.15, 0.2) is 0 Å². The van der Waals surface area contributed by atoms with Gasteiger partial charge in [0.2, 0.25) is 5.76 Å². The van der Waals surface area contributed by atoms with Crippen LogP contribution in [0.15, 0.2) is 47.0 Å². The summed E-state index contributed by atoms with van der Waals surface area (Å²) in [5, 5.41) is 9.74. The van der Waals surface area contributed by atoms with Gasteiger partial charge >= 0.3 is 6.18 Å². The minimum absolute atomic E-state index is 0.0622. The van der Waals surface area contributed by atoms with Gasteiger partial charge in [-0.05, 0) is 75.8 Å². The maximum atomic E-state index is 13.7. The third-order valence-corrected chi connectivity index (χ3v) is 7.44. The molecule has 2 amide bonds. The van der Waals surface area contributed by atoms with Crippen molar-refractivity contribution in [3.63, 3.8) is 0 Å². The van der Waals surface area contributed by atoms with Crippen molar-refractivity contribution in [2.24, 2.45) is 0 Å². The summed E-state index contributed by atoms with van der Waals surface area (Å²) in [6.45, 7) is 5.30. The van der Waals surface area contributed by atoms with Crippen LogP contribution in [0.25, 0.3) is 11.3 Å². The number of carbonyl (C=O) groups excluding carboxylic acids is 2. The molecule has 1 aromatic heterocycles. The molecule has 218 valence electrons. The Morgan fingerprint density at radius 2 is 1.71 bits per heavy atom. The van der Waals surface area contributed by atoms with Crippen LogP contribution in [0.1, 0.15) is 44.9 Å². The number of halogens is 3. The topological polar surface area (TPSA) is 99.9 Å². The number of amides is 2. The number of aryl methyl sites for hydroxylation is 1. The van der Waals surface area contributed by atoms with Crippen LogP contribution < -0.4 is 15.5 Å². The first kappa shape index (κ1) is 28.6. The molecule has 2 aliphatic heterocycles. The Morgan fingerprint density at radius 3 is 2.41 bits per heavy atom. The zero-order valence-electron chi connectivity index (χ0n) is 22.9. The predicted molar refractivity (Wildman–Crippen MR) is 147 cm³/mol. The molecule has 0 radical (unpaired) electrons. The molecule has 2 fully saturated rings. The Balaban J connectivity index is 1.33. The fraction of sp³-hybridized carbons (Fsp3) is 0.414. The first-order valence-electron chi connectivity index (χ1n) is 13.5. The van der Waals surface area contributed by atoms with Gasteiger partial charge in [-0.25, -0.2) is 0 Å². The highest BCUT2D eigenvalue weighted by Gasteiger charge is 2.32. The van der Waals surface area contributed by atoms with E-state index in [4.69, 9.17) is 9.26 Å². The zero-order valence-corrected chi connectivity index (χ0v) is 22.9. The number of morpholine rings is 1. The molecule has 0 aliphatic carbocycles. The molecule has 9 nitrogen and oxygen atoms in total. The van der Waals surface area contributed by atoms with Crippen LogP contribution in [0.3, 0.4) is 0 Å². The Hall–Kier alpha value is -3.90. The van der Waals surface area contributed by atoms with Crippen LogP contribution in [0.5, 0.6) is 0 Å². The number of aromatic nitrogens is 1. The van der Waals surface area contributed by atoms with Gasteiger partial charge in [-0.15, -0.1) is 0 Å². The summed E-state index contributed by atoms with van der Waals surface area (Å²) in [4.78, 5) is 29.9. The lowest BCUT2D eigenvalue weighted by molar-refractivity contribution is -0.137. The first-order chi connectivity index (χ1) is 19.6. The van der Waals surface area contributed by atoms with Crippen molar-refractivity contribution in [3.8, 4) is 11.3 Å². The molecule has 2 saturated heterocycles. The second-order valence-electron chi connectivity index (χ2n) is 10.5. The van der Waals surface area contributed by atoms with E-state index in [2.05, 4.69) is 20.7 Å². The summed E-state index contributed by atoms with van der Waals surface area (Å²) in [5.74, 6) is -0.952. The summed E-state index contributed by atoms with van der Waals surface area (Å²) in [5.41, 5.74) is 1.49. The Bertz CT molecular complexity index is 1410. The van der Waals surface area contributed by atoms with E-state index in [1.807, 2.05) is 14.0 Å². The molecule has 2 aliphatic rings. The molecular weight excluding hydrogens is 539 g/mol. The van der Waals surface area contributed by atoms with E-state index in [1.165, 1.54) is 6.07 Å². The van der Waals surface area contributed by atoms with E-state index in [1.54, 1.807) is 29.2 Å². The number of nitrogens with zero attached hydrogens (tertiary/aromatic N) is 3. The zero-order chi connectivity index (χ0) is 29.1. The van der Waals surface area contributed by atoms with Gasteiger partial charge in [-0.1, -0.05) is 11.2 Å². The van der Waals surface area contributed by atoms with E-state index in [0.717, 1.165) is 43.6 Å². The highest BCUT2D eigenvalue weighted by Crippen LogP contribution is 2.34. The molecule has 3 heterocycles. The molecule has 41 heavy (non-hydrogen) atoms. The number of likely N-dealkylation sites (tertiary alicyclic amines) is 1. The highest BCUT2D eigenvalue weighted by atomic mass is 19.4. The molecular formula is C29H32F3N5O4. The van der Waals surface area contributed by atoms with Crippen LogP contribution in [-0.2, 0) is 10.9 Å². The van der Waals surface area contributed by atoms with E-state index in [9.17, 15) is 22.8 Å². The second-order valence-corrected chi connectivity index (χ2v) is 10.5. The first-order valence-corrected chi connectivity index (χ1v) is 13.5. The van der Waals surface area contributed by atoms with Crippen LogP contribution >= 0.6 is 0 Å². The quantitative estimate of drug-likeness (QED) is 0.447. The Kier molecular flexibility index (Phi) is 8.32. The summed E-state index contributed by atoms with van der Waals surface area (Å²) in [6.07, 6.45) is -2.91. The minimum atomic E-state index is -4.61. The number of piperidine rings is 1. The Labute approximate surface area is 235 Å². The molecule has 2 aromatic carbocycles. The molecule has 0 atom stereocenters. The SMILES string of the molecule is Cc1ccc(NC(=O)c2cc(N3CCOCC3)cc(C(F)(F)F)c2)cc1-c1cc(C(=O)NC2CCN(C)CC2)on1. The van der Waals surface area contributed by atoms with Crippen molar-refractivity contribution in [1.82, 2.24) is 15.4 Å². The van der Waals surface area contributed by atoms with E-state index >= 15 is 0 Å². The van der Waals surface area contributed by atoms with Crippen LogP contribution in [0.4, 0.5) is 24.5 Å². The van der Waals surface area contributed by atoms with Gasteiger partial charge < -0.3 is 29.7 Å². The number of carbonyl (C=O) groups is 2. The molecule has 12 heteroatoms. The lowest BCUT2D eigenvalue weighted by Gasteiger charge is -2.29. The summed E-state index contributed by atoms with van der Waals surface area (Å²) < 4.78 is 51.7. The molecule has 3 aromatic rings. The summed E-state index contributed by atoms with van der Waals surface area (Å²) in [7, 11) is 2.04. The molecule has 0 spiro atoms. The van der Waals surface area contributed by atoms with Gasteiger partial charge in [0, 0.05) is 47.7 Å². The van der Waals surface area contributed by atoms with Crippen molar-refractivity contribution in [3.05, 3.63) is 64.9 Å². The number of ether oxygens (including phenoxy) is 1. The minimum Gasteiger partial charge on any atom is -0.378 e. The molecule has 0 saturated carbocycles. The van der Waals surface area contributed by atoms with Crippen molar-refractivity contribution in [2.75, 3.05) is 56.7 Å². The van der Waals surface area contributed by atoms with Crippen molar-refractivity contribution < 1.29 is 32.0 Å². The largest absolute Gasteiger partial charge is 0.416 e. The number of benzene rings is 2. The number of rotatable bonds is 6. The number of alkyl halides is 3. The van der Waals surface area contributed by atoms with Crippen molar-refractivity contribution in [2.45, 2.75) is 32.0 Å². The van der Waals surface area contributed by atoms with Crippen molar-refractivity contribution >= 4 is 23.2 Å². The molecule has 0 bridgehead atoms. The predicted octanol–water partition coefficient (Wildman–Crippen LogP) is 4.58. The fourth-order valence-electron chi connectivity index (χ4n) is 5.01. The number of anilines is 2. The monoisotopic (exact) mass is 571 g/mol. The van der Waals surface area contributed by atoms with Crippen molar-refractivity contribution in [1.29, 1.82) is 0 Å². The maximum absolute atomic E-state index is 13.7. The number of hydrogen-bond acceptors (Lipinski definition) is 7. The fourth-order valence-corrected chi connectivity index (χ4v) is 5.01. The lowest BCUT2D eigenvalue weighted by atomic mass is 10.0. The highest BCUT2D eigenvalue weighted by molar-refractivity contribution is 6.05. The van der Waals surface area contributed by atoms with Crippen LogP contribution in [0.2, 0.25) is 0 Å². The summed E-state index contributed by atoms with van der Waals surface area (Å²) in [6, 6.07) is 10.0. The third-order valence-electron chi connectivity index (χ3n) is 7.44. The Morgan fingerprint density at radius 1 is 0.976 bits per heavy atom. The standard InChI is InChI=1S/C29H32F3N5O4/c1-18-3-4-22(16-24(18)25-17-26(41-35-25)28(39)33-21-5-7-36(2)8-6-21)34-27(38)19-13-20(29(30,31)32)15-23(14-19)37-9-11-40-12-10-37/h3-4,13-17,21H,5-12H2,1-2H3,(H,33,39)(H,34,38). The van der Waals surface area contributed by atoms with E-state index in [0.29, 0.717) is 48.9 Å². The number of hydrogen-bond donors (Lipinski definition) is 2. The smallest absolute Gasteiger partial charge is 0.378 e. The molecule has 2 N–H and O–H groups in total. The average Bonchev–Trinajstić information content (AvgIpc) is 3.45. The maximum Gasteiger partial charge on any atom is 0.416 e. The van der Waals surface area contributed by atoms with Gasteiger partial charge in [0.25, 0.3) is 11.8 Å². The molecule has 5 rings (SSSR count). The van der Waals surface area contributed by atoms with Gasteiger partial charge in [0.05, 0.1) is 18.8 Å². The van der Waals surface area contributed by atoms with Gasteiger partial charge in [0.1, 0.15) is 5.69 Å². The second kappa shape index (κ2) is 11.9. The average molecular weight is 572 g/mol. The third kappa shape index (κ3) is 6.88. The summed E-state index contributed by atoms with van der Waals surface area (Å²) >= 11 is 0. The normalized spacial score (nSPS) is 17.0.